The molecule has 1 rings (SSSR count). The Balaban J connectivity index is 2.69. The monoisotopic (exact) mass is 284 g/mol. The van der Waals surface area contributed by atoms with Crippen LogP contribution in [0, 0.1) is 0 Å². The Morgan fingerprint density at radius 2 is 2.30 bits per heavy atom. The second-order valence-corrected chi connectivity index (χ2v) is 4.42. The van der Waals surface area contributed by atoms with Gasteiger partial charge in [-0.15, -0.1) is 0 Å². The van der Waals surface area contributed by atoms with Crippen molar-refractivity contribution in [2.75, 3.05) is 13.7 Å². The number of halogens is 1. The minimum absolute atomic E-state index is 0.0198. The number of alkyl halides is 1. The molecule has 20 heavy (non-hydrogen) atoms. The number of nitrogens with two attached hydrogens (primary N) is 1. The van der Waals surface area contributed by atoms with E-state index in [1.54, 1.807) is 18.3 Å². The third-order valence-corrected chi connectivity index (χ3v) is 2.88. The van der Waals surface area contributed by atoms with Gasteiger partial charge in [-0.3, -0.25) is 9.78 Å². The van der Waals surface area contributed by atoms with Gasteiger partial charge < -0.3 is 15.2 Å². The molecule has 0 saturated heterocycles. The molecule has 2 atom stereocenters. The lowest BCUT2D eigenvalue weighted by Gasteiger charge is -2.17. The Morgan fingerprint density at radius 3 is 2.90 bits per heavy atom. The summed E-state index contributed by atoms with van der Waals surface area (Å²) in [6.07, 6.45) is 0.834. The summed E-state index contributed by atoms with van der Waals surface area (Å²) in [7, 11) is 1.52. The number of methoxy groups -OCH3 is 1. The molecule has 0 aliphatic rings. The van der Waals surface area contributed by atoms with Crippen LogP contribution in [0.5, 0.6) is 5.75 Å². The Morgan fingerprint density at radius 1 is 1.55 bits per heavy atom. The molecule has 0 aromatic carbocycles. The molecule has 112 valence electrons. The number of hydrogen-bond donors (Lipinski definition) is 1. The zero-order valence-electron chi connectivity index (χ0n) is 11.8. The van der Waals surface area contributed by atoms with Gasteiger partial charge in [0.25, 0.3) is 0 Å². The standard InChI is InChI=1S/C14H21FN2O3/c1-3-5-12(15)20-13(18)8-10(9-16)14-11(19-2)6-4-7-17-14/h4,6-7,10,12H,3,5,8-9,16H2,1-2H3. The molecule has 1 aromatic heterocycles. The van der Waals surface area contributed by atoms with Gasteiger partial charge >= 0.3 is 5.97 Å². The molecule has 0 bridgehead atoms. The summed E-state index contributed by atoms with van der Waals surface area (Å²) in [6, 6.07) is 3.47. The number of esters is 1. The van der Waals surface area contributed by atoms with Crippen molar-refractivity contribution in [2.24, 2.45) is 5.73 Å². The molecule has 1 heterocycles. The number of rotatable bonds is 8. The lowest BCUT2D eigenvalue weighted by molar-refractivity contribution is -0.158. The van der Waals surface area contributed by atoms with Crippen LogP contribution >= 0.6 is 0 Å². The Hall–Kier alpha value is -1.69. The van der Waals surface area contributed by atoms with Gasteiger partial charge in [-0.25, -0.2) is 4.39 Å². The second kappa shape index (κ2) is 8.47. The highest BCUT2D eigenvalue weighted by Crippen LogP contribution is 2.26. The number of carbonyl (C=O) groups excluding carboxylic acids is 1. The van der Waals surface area contributed by atoms with E-state index in [4.69, 9.17) is 10.5 Å². The molecular formula is C14H21FN2O3. The fourth-order valence-electron chi connectivity index (χ4n) is 1.85. The van der Waals surface area contributed by atoms with Crippen molar-refractivity contribution in [3.05, 3.63) is 24.0 Å². The zero-order valence-corrected chi connectivity index (χ0v) is 11.8. The van der Waals surface area contributed by atoms with Gasteiger partial charge in [-0.2, -0.15) is 0 Å². The average molecular weight is 284 g/mol. The van der Waals surface area contributed by atoms with Crippen LogP contribution in [0.3, 0.4) is 0 Å². The van der Waals surface area contributed by atoms with Crippen molar-refractivity contribution in [1.82, 2.24) is 4.98 Å². The number of carbonyl (C=O) groups is 1. The van der Waals surface area contributed by atoms with Crippen LogP contribution in [0.2, 0.25) is 0 Å². The molecule has 0 aliphatic heterocycles. The molecular weight excluding hydrogens is 263 g/mol. The fraction of sp³-hybridized carbons (Fsp3) is 0.571. The lowest BCUT2D eigenvalue weighted by Crippen LogP contribution is -2.21. The number of ether oxygens (including phenoxy) is 2. The normalized spacial score (nSPS) is 13.6. The van der Waals surface area contributed by atoms with E-state index < -0.39 is 12.3 Å². The molecule has 0 fully saturated rings. The van der Waals surface area contributed by atoms with Crippen LogP contribution in [0.25, 0.3) is 0 Å². The van der Waals surface area contributed by atoms with Gasteiger partial charge in [0.1, 0.15) is 5.75 Å². The smallest absolute Gasteiger partial charge is 0.309 e. The topological polar surface area (TPSA) is 74.4 Å². The number of hydrogen-bond acceptors (Lipinski definition) is 5. The van der Waals surface area contributed by atoms with E-state index in [1.165, 1.54) is 7.11 Å². The van der Waals surface area contributed by atoms with E-state index in [1.807, 2.05) is 6.92 Å². The van der Waals surface area contributed by atoms with E-state index in [9.17, 15) is 9.18 Å². The molecule has 0 aliphatic carbocycles. The van der Waals surface area contributed by atoms with Crippen LogP contribution in [0.1, 0.15) is 37.8 Å². The SMILES string of the molecule is CCCC(F)OC(=O)CC(CN)c1ncccc1OC. The molecule has 2 N–H and O–H groups in total. The van der Waals surface area contributed by atoms with Crippen molar-refractivity contribution in [3.63, 3.8) is 0 Å². The number of aromatic nitrogens is 1. The van der Waals surface area contributed by atoms with Crippen LogP contribution in [-0.2, 0) is 9.53 Å². The Kier molecular flexibility index (Phi) is 6.93. The predicted octanol–water partition coefficient (Wildman–Crippen LogP) is 2.16. The maximum Gasteiger partial charge on any atom is 0.309 e. The van der Waals surface area contributed by atoms with Crippen LogP contribution < -0.4 is 10.5 Å². The third kappa shape index (κ3) is 4.77. The molecule has 0 saturated carbocycles. The van der Waals surface area contributed by atoms with Crippen molar-refractivity contribution >= 4 is 5.97 Å². The van der Waals surface area contributed by atoms with Gasteiger partial charge in [0.15, 0.2) is 0 Å². The largest absolute Gasteiger partial charge is 0.495 e. The van der Waals surface area contributed by atoms with Crippen LogP contribution in [-0.4, -0.2) is 31.0 Å². The summed E-state index contributed by atoms with van der Waals surface area (Å²) in [5.74, 6) is -0.414. The van der Waals surface area contributed by atoms with Gasteiger partial charge in [0.2, 0.25) is 6.36 Å². The van der Waals surface area contributed by atoms with Crippen LogP contribution in [0.15, 0.2) is 18.3 Å². The number of nitrogens with zero attached hydrogens (tertiary/aromatic N) is 1. The lowest BCUT2D eigenvalue weighted by atomic mass is 10.00. The molecule has 0 spiro atoms. The first kappa shape index (κ1) is 16.4. The maximum atomic E-state index is 13.2. The summed E-state index contributed by atoms with van der Waals surface area (Å²) in [6.45, 7) is 2.02. The molecule has 2 unspecified atom stereocenters. The highest BCUT2D eigenvalue weighted by atomic mass is 19.1. The predicted molar refractivity (Wildman–Crippen MR) is 73.1 cm³/mol. The molecule has 1 aromatic rings. The van der Waals surface area contributed by atoms with E-state index in [0.717, 1.165) is 0 Å². The van der Waals surface area contributed by atoms with Gasteiger partial charge in [0, 0.05) is 25.1 Å². The first-order chi connectivity index (χ1) is 9.62. The van der Waals surface area contributed by atoms with Crippen LogP contribution in [0.4, 0.5) is 4.39 Å². The minimum atomic E-state index is -1.56. The third-order valence-electron chi connectivity index (χ3n) is 2.88. The number of pyridine rings is 1. The summed E-state index contributed by atoms with van der Waals surface area (Å²) in [5, 5.41) is 0. The first-order valence-electron chi connectivity index (χ1n) is 6.64. The minimum Gasteiger partial charge on any atom is -0.495 e. The highest BCUT2D eigenvalue weighted by Gasteiger charge is 2.22. The van der Waals surface area contributed by atoms with E-state index in [-0.39, 0.29) is 25.3 Å². The average Bonchev–Trinajstić information content (AvgIpc) is 2.45. The molecule has 0 amide bonds. The molecule has 0 radical (unpaired) electrons. The second-order valence-electron chi connectivity index (χ2n) is 4.42. The zero-order chi connectivity index (χ0) is 15.0. The van der Waals surface area contributed by atoms with Gasteiger partial charge in [0.05, 0.1) is 19.2 Å². The Labute approximate surface area is 118 Å². The maximum absolute atomic E-state index is 13.2. The summed E-state index contributed by atoms with van der Waals surface area (Å²) < 4.78 is 23.1. The Bertz CT molecular complexity index is 429. The van der Waals surface area contributed by atoms with E-state index in [2.05, 4.69) is 9.72 Å². The van der Waals surface area contributed by atoms with Crippen molar-refractivity contribution in [1.29, 1.82) is 0 Å². The summed E-state index contributed by atoms with van der Waals surface area (Å²) in [4.78, 5) is 15.9. The molecule has 5 nitrogen and oxygen atoms in total. The highest BCUT2D eigenvalue weighted by molar-refractivity contribution is 5.70. The quantitative estimate of drug-likeness (QED) is 0.740. The van der Waals surface area contributed by atoms with E-state index >= 15 is 0 Å². The molecule has 6 heteroatoms. The van der Waals surface area contributed by atoms with Crippen molar-refractivity contribution in [2.45, 2.75) is 38.5 Å². The summed E-state index contributed by atoms with van der Waals surface area (Å²) >= 11 is 0. The first-order valence-corrected chi connectivity index (χ1v) is 6.64. The van der Waals surface area contributed by atoms with Crippen molar-refractivity contribution < 1.29 is 18.7 Å². The van der Waals surface area contributed by atoms with Gasteiger partial charge in [-0.1, -0.05) is 6.92 Å². The van der Waals surface area contributed by atoms with Crippen molar-refractivity contribution in [3.8, 4) is 5.75 Å². The summed E-state index contributed by atoms with van der Waals surface area (Å²) in [5.41, 5.74) is 6.25. The van der Waals surface area contributed by atoms with Gasteiger partial charge in [-0.05, 0) is 18.6 Å². The fourth-order valence-corrected chi connectivity index (χ4v) is 1.85. The van der Waals surface area contributed by atoms with E-state index in [0.29, 0.717) is 17.9 Å².